The van der Waals surface area contributed by atoms with Crippen LogP contribution in [0.4, 0.5) is 13.2 Å². The molecule has 0 atom stereocenters. The molecule has 1 aromatic carbocycles. The van der Waals surface area contributed by atoms with Crippen LogP contribution in [0.1, 0.15) is 19.4 Å². The number of halogens is 3. The summed E-state index contributed by atoms with van der Waals surface area (Å²) in [5.41, 5.74) is 0.0291. The fourth-order valence-corrected chi connectivity index (χ4v) is 1.46. The first-order chi connectivity index (χ1) is 7.85. The predicted octanol–water partition coefficient (Wildman–Crippen LogP) is 2.62. The van der Waals surface area contributed by atoms with Crippen molar-refractivity contribution in [3.63, 3.8) is 0 Å². The number of ether oxygens (including phenoxy) is 1. The van der Waals surface area contributed by atoms with Crippen LogP contribution >= 0.6 is 0 Å². The highest BCUT2D eigenvalue weighted by atomic mass is 19.2. The van der Waals surface area contributed by atoms with Gasteiger partial charge < -0.3 is 10.1 Å². The highest BCUT2D eigenvalue weighted by Gasteiger charge is 2.17. The molecular weight excluding hydrogens is 231 g/mol. The summed E-state index contributed by atoms with van der Waals surface area (Å²) in [7, 11) is 1.57. The molecule has 0 aliphatic carbocycles. The van der Waals surface area contributed by atoms with Crippen molar-refractivity contribution in [2.45, 2.75) is 25.9 Å². The van der Waals surface area contributed by atoms with E-state index >= 15 is 0 Å². The minimum Gasteiger partial charge on any atom is -0.383 e. The highest BCUT2D eigenvalue weighted by Crippen LogP contribution is 2.14. The molecule has 0 heterocycles. The first kappa shape index (κ1) is 14.0. The van der Waals surface area contributed by atoms with Crippen LogP contribution in [0.25, 0.3) is 0 Å². The summed E-state index contributed by atoms with van der Waals surface area (Å²) < 4.78 is 43.6. The molecule has 0 amide bonds. The summed E-state index contributed by atoms with van der Waals surface area (Å²) in [5.74, 6) is -3.79. The zero-order valence-electron chi connectivity index (χ0n) is 10.1. The van der Waals surface area contributed by atoms with Crippen LogP contribution in [-0.2, 0) is 11.3 Å². The van der Waals surface area contributed by atoms with Gasteiger partial charge in [-0.3, -0.25) is 0 Å². The van der Waals surface area contributed by atoms with Gasteiger partial charge in [-0.2, -0.15) is 0 Å². The van der Waals surface area contributed by atoms with Gasteiger partial charge in [-0.25, -0.2) is 13.2 Å². The Bertz CT molecular complexity index is 370. The van der Waals surface area contributed by atoms with Crippen molar-refractivity contribution in [1.82, 2.24) is 5.32 Å². The molecule has 1 rings (SSSR count). The summed E-state index contributed by atoms with van der Waals surface area (Å²) in [5, 5.41) is 3.07. The average Bonchev–Trinajstić information content (AvgIpc) is 2.23. The molecule has 0 fully saturated rings. The maximum atomic E-state index is 12.9. The Labute approximate surface area is 98.8 Å². The lowest BCUT2D eigenvalue weighted by atomic mass is 10.1. The van der Waals surface area contributed by atoms with E-state index in [0.717, 1.165) is 12.1 Å². The molecule has 0 saturated heterocycles. The van der Waals surface area contributed by atoms with E-state index in [1.54, 1.807) is 7.11 Å². The monoisotopic (exact) mass is 247 g/mol. The molecule has 0 aliphatic heterocycles. The van der Waals surface area contributed by atoms with Gasteiger partial charge in [0.2, 0.25) is 0 Å². The van der Waals surface area contributed by atoms with Gasteiger partial charge in [-0.05, 0) is 31.5 Å². The zero-order chi connectivity index (χ0) is 13.1. The van der Waals surface area contributed by atoms with Crippen LogP contribution in [0.5, 0.6) is 0 Å². The van der Waals surface area contributed by atoms with Gasteiger partial charge in [0.1, 0.15) is 0 Å². The number of methoxy groups -OCH3 is 1. The molecule has 0 aliphatic rings. The highest BCUT2D eigenvalue weighted by molar-refractivity contribution is 5.19. The number of hydrogen-bond acceptors (Lipinski definition) is 2. The van der Waals surface area contributed by atoms with E-state index in [1.807, 2.05) is 13.8 Å². The molecule has 1 aromatic rings. The molecule has 0 spiro atoms. The van der Waals surface area contributed by atoms with Gasteiger partial charge in [-0.15, -0.1) is 0 Å². The fourth-order valence-electron chi connectivity index (χ4n) is 1.46. The molecule has 1 N–H and O–H groups in total. The molecule has 2 nitrogen and oxygen atoms in total. The van der Waals surface area contributed by atoms with Gasteiger partial charge in [0, 0.05) is 19.2 Å². The molecule has 96 valence electrons. The second-order valence-electron chi connectivity index (χ2n) is 4.54. The van der Waals surface area contributed by atoms with Crippen molar-refractivity contribution in [1.29, 1.82) is 0 Å². The fraction of sp³-hybridized carbons (Fsp3) is 0.500. The third-order valence-electron chi connectivity index (χ3n) is 2.32. The van der Waals surface area contributed by atoms with Gasteiger partial charge >= 0.3 is 0 Å². The largest absolute Gasteiger partial charge is 0.383 e. The van der Waals surface area contributed by atoms with Crippen LogP contribution in [-0.4, -0.2) is 19.3 Å². The Morgan fingerprint density at radius 3 is 2.18 bits per heavy atom. The van der Waals surface area contributed by atoms with Crippen molar-refractivity contribution in [3.05, 3.63) is 35.1 Å². The van der Waals surface area contributed by atoms with Crippen molar-refractivity contribution >= 4 is 0 Å². The number of rotatable bonds is 5. The summed E-state index contributed by atoms with van der Waals surface area (Å²) in [6.07, 6.45) is 0. The van der Waals surface area contributed by atoms with Crippen LogP contribution in [0, 0.1) is 17.5 Å². The predicted molar refractivity (Wildman–Crippen MR) is 59.1 cm³/mol. The molecule has 0 radical (unpaired) electrons. The van der Waals surface area contributed by atoms with Gasteiger partial charge in [0.15, 0.2) is 17.5 Å². The summed E-state index contributed by atoms with van der Waals surface area (Å²) >= 11 is 0. The quantitative estimate of drug-likeness (QED) is 0.808. The lowest BCUT2D eigenvalue weighted by molar-refractivity contribution is 0.127. The smallest absolute Gasteiger partial charge is 0.194 e. The normalized spacial score (nSPS) is 11.9. The van der Waals surface area contributed by atoms with Gasteiger partial charge in [-0.1, -0.05) is 0 Å². The second kappa shape index (κ2) is 5.51. The molecule has 0 bridgehead atoms. The standard InChI is InChI=1S/C12H16F3NO/c1-12(2,7-17-3)16-6-8-4-9(13)11(15)10(14)5-8/h4-5,16H,6-7H2,1-3H3. The molecular formula is C12H16F3NO. The molecule has 0 unspecified atom stereocenters. The Morgan fingerprint density at radius 2 is 1.71 bits per heavy atom. The molecule has 5 heteroatoms. The summed E-state index contributed by atoms with van der Waals surface area (Å²) in [6, 6.07) is 1.96. The molecule has 0 saturated carbocycles. The number of hydrogen-bond donors (Lipinski definition) is 1. The lowest BCUT2D eigenvalue weighted by Gasteiger charge is -2.25. The van der Waals surface area contributed by atoms with Crippen molar-refractivity contribution in [3.8, 4) is 0 Å². The summed E-state index contributed by atoms with van der Waals surface area (Å²) in [6.45, 7) is 4.49. The van der Waals surface area contributed by atoms with E-state index in [0.29, 0.717) is 12.2 Å². The molecule has 17 heavy (non-hydrogen) atoms. The average molecular weight is 247 g/mol. The first-order valence-corrected chi connectivity index (χ1v) is 5.23. The van der Waals surface area contributed by atoms with E-state index in [1.165, 1.54) is 0 Å². The van der Waals surface area contributed by atoms with Crippen LogP contribution < -0.4 is 5.32 Å². The second-order valence-corrected chi connectivity index (χ2v) is 4.54. The molecule has 0 aromatic heterocycles. The van der Waals surface area contributed by atoms with E-state index in [9.17, 15) is 13.2 Å². The third kappa shape index (κ3) is 4.02. The Balaban J connectivity index is 2.70. The maximum absolute atomic E-state index is 12.9. The van der Waals surface area contributed by atoms with E-state index < -0.39 is 17.5 Å². The Hall–Kier alpha value is -1.07. The topological polar surface area (TPSA) is 21.3 Å². The van der Waals surface area contributed by atoms with Gasteiger partial charge in [0.25, 0.3) is 0 Å². The van der Waals surface area contributed by atoms with Crippen LogP contribution in [0.3, 0.4) is 0 Å². The van der Waals surface area contributed by atoms with Crippen LogP contribution in [0.15, 0.2) is 12.1 Å². The van der Waals surface area contributed by atoms with E-state index in [4.69, 9.17) is 4.74 Å². The van der Waals surface area contributed by atoms with E-state index in [-0.39, 0.29) is 12.1 Å². The van der Waals surface area contributed by atoms with Crippen molar-refractivity contribution < 1.29 is 17.9 Å². The first-order valence-electron chi connectivity index (χ1n) is 5.23. The number of benzene rings is 1. The third-order valence-corrected chi connectivity index (χ3v) is 2.32. The van der Waals surface area contributed by atoms with Crippen molar-refractivity contribution in [2.75, 3.05) is 13.7 Å². The SMILES string of the molecule is COCC(C)(C)NCc1cc(F)c(F)c(F)c1. The Kier molecular flexibility index (Phi) is 4.54. The van der Waals surface area contributed by atoms with Crippen molar-refractivity contribution in [2.24, 2.45) is 0 Å². The van der Waals surface area contributed by atoms with Gasteiger partial charge in [0.05, 0.1) is 6.61 Å². The Morgan fingerprint density at radius 1 is 1.18 bits per heavy atom. The summed E-state index contributed by atoms with van der Waals surface area (Å²) in [4.78, 5) is 0. The lowest BCUT2D eigenvalue weighted by Crippen LogP contribution is -2.42. The minimum absolute atomic E-state index is 0.241. The maximum Gasteiger partial charge on any atom is 0.194 e. The van der Waals surface area contributed by atoms with Crippen LogP contribution in [0.2, 0.25) is 0 Å². The minimum atomic E-state index is -1.44. The van der Waals surface area contributed by atoms with E-state index in [2.05, 4.69) is 5.32 Å². The number of nitrogens with one attached hydrogen (secondary N) is 1. The zero-order valence-corrected chi connectivity index (χ0v) is 10.1.